The molecule has 3 aromatic rings. The zero-order valence-corrected chi connectivity index (χ0v) is 15.8. The molecule has 0 aliphatic rings. The molecule has 3 aromatic carbocycles. The van der Waals surface area contributed by atoms with Crippen molar-refractivity contribution in [3.8, 4) is 17.2 Å². The lowest BCUT2D eigenvalue weighted by Gasteiger charge is -2.12. The van der Waals surface area contributed by atoms with Gasteiger partial charge in [-0.1, -0.05) is 54.6 Å². The molecule has 0 aromatic heterocycles. The number of carbonyl (C=O) groups is 1. The van der Waals surface area contributed by atoms with Gasteiger partial charge in [0.1, 0.15) is 5.75 Å². The van der Waals surface area contributed by atoms with E-state index in [-0.39, 0.29) is 5.91 Å². The van der Waals surface area contributed by atoms with Crippen LogP contribution in [-0.2, 0) is 11.3 Å². The van der Waals surface area contributed by atoms with Crippen LogP contribution in [0, 0.1) is 0 Å². The summed E-state index contributed by atoms with van der Waals surface area (Å²) < 4.78 is 11.6. The number of rotatable bonds is 8. The average Bonchev–Trinajstić information content (AvgIpc) is 2.74. The molecule has 0 bridgehead atoms. The number of hydrogen-bond acceptors (Lipinski definition) is 3. The summed E-state index contributed by atoms with van der Waals surface area (Å²) in [5.74, 6) is 1.85. The fourth-order valence-corrected chi connectivity index (χ4v) is 2.61. The van der Waals surface area contributed by atoms with Crippen LogP contribution in [0.1, 0.15) is 18.1 Å². The van der Waals surface area contributed by atoms with Crippen LogP contribution in [0.4, 0.5) is 0 Å². The van der Waals surface area contributed by atoms with Gasteiger partial charge in [-0.25, -0.2) is 0 Å². The third-order valence-corrected chi connectivity index (χ3v) is 3.98. The maximum Gasteiger partial charge on any atom is 0.244 e. The van der Waals surface area contributed by atoms with Crippen molar-refractivity contribution in [2.45, 2.75) is 13.5 Å². The van der Waals surface area contributed by atoms with E-state index in [0.29, 0.717) is 24.7 Å². The van der Waals surface area contributed by atoms with E-state index in [0.717, 1.165) is 16.9 Å². The highest BCUT2D eigenvalue weighted by molar-refractivity contribution is 5.91. The van der Waals surface area contributed by atoms with E-state index >= 15 is 0 Å². The first-order valence-corrected chi connectivity index (χ1v) is 9.24. The summed E-state index contributed by atoms with van der Waals surface area (Å²) >= 11 is 0. The normalized spacial score (nSPS) is 10.6. The van der Waals surface area contributed by atoms with Crippen LogP contribution in [0.5, 0.6) is 17.2 Å². The Kier molecular flexibility index (Phi) is 6.85. The lowest BCUT2D eigenvalue weighted by atomic mass is 10.2. The maximum atomic E-state index is 12.1. The summed E-state index contributed by atoms with van der Waals surface area (Å²) in [7, 11) is 0. The monoisotopic (exact) mass is 373 g/mol. The molecular weight excluding hydrogens is 350 g/mol. The van der Waals surface area contributed by atoms with Gasteiger partial charge in [0.05, 0.1) is 6.61 Å². The number of benzene rings is 3. The summed E-state index contributed by atoms with van der Waals surface area (Å²) in [4.78, 5) is 12.1. The molecule has 0 atom stereocenters. The summed E-state index contributed by atoms with van der Waals surface area (Å²) in [6.45, 7) is 2.97. The Balaban J connectivity index is 1.68. The van der Waals surface area contributed by atoms with Crippen molar-refractivity contribution in [3.05, 3.63) is 96.1 Å². The van der Waals surface area contributed by atoms with Crippen molar-refractivity contribution >= 4 is 12.0 Å². The summed E-state index contributed by atoms with van der Waals surface area (Å²) in [6, 6.07) is 24.9. The van der Waals surface area contributed by atoms with E-state index in [9.17, 15) is 4.79 Å². The largest absolute Gasteiger partial charge is 0.490 e. The fourth-order valence-electron chi connectivity index (χ4n) is 2.61. The molecule has 0 unspecified atom stereocenters. The van der Waals surface area contributed by atoms with Crippen LogP contribution >= 0.6 is 0 Å². The Labute approximate surface area is 165 Å². The third-order valence-electron chi connectivity index (χ3n) is 3.98. The number of nitrogens with one attached hydrogen (secondary N) is 1. The molecule has 3 rings (SSSR count). The van der Waals surface area contributed by atoms with Crippen LogP contribution < -0.4 is 14.8 Å². The number of hydrogen-bond donors (Lipinski definition) is 1. The highest BCUT2D eigenvalue weighted by atomic mass is 16.5. The predicted octanol–water partition coefficient (Wildman–Crippen LogP) is 5.21. The molecule has 28 heavy (non-hydrogen) atoms. The Morgan fingerprint density at radius 3 is 2.36 bits per heavy atom. The first-order chi connectivity index (χ1) is 13.7. The van der Waals surface area contributed by atoms with Crippen molar-refractivity contribution in [1.29, 1.82) is 0 Å². The minimum atomic E-state index is -0.150. The van der Waals surface area contributed by atoms with Crippen LogP contribution in [0.3, 0.4) is 0 Å². The van der Waals surface area contributed by atoms with Crippen LogP contribution in [0.25, 0.3) is 6.08 Å². The Morgan fingerprint density at radius 1 is 0.929 bits per heavy atom. The molecule has 0 aliphatic carbocycles. The van der Waals surface area contributed by atoms with Gasteiger partial charge in [-0.15, -0.1) is 0 Å². The van der Waals surface area contributed by atoms with Crippen molar-refractivity contribution in [1.82, 2.24) is 5.32 Å². The Hall–Kier alpha value is -3.53. The molecule has 0 saturated heterocycles. The molecule has 4 nitrogen and oxygen atoms in total. The zero-order chi connectivity index (χ0) is 19.6. The van der Waals surface area contributed by atoms with E-state index in [2.05, 4.69) is 5.32 Å². The summed E-state index contributed by atoms with van der Waals surface area (Å²) in [5.41, 5.74) is 1.91. The van der Waals surface area contributed by atoms with E-state index in [1.165, 1.54) is 6.08 Å². The van der Waals surface area contributed by atoms with Gasteiger partial charge in [0.2, 0.25) is 5.91 Å². The van der Waals surface area contributed by atoms with Gasteiger partial charge in [0.25, 0.3) is 0 Å². The Morgan fingerprint density at radius 2 is 1.64 bits per heavy atom. The lowest BCUT2D eigenvalue weighted by molar-refractivity contribution is -0.116. The maximum absolute atomic E-state index is 12.1. The molecule has 0 spiro atoms. The summed E-state index contributed by atoms with van der Waals surface area (Å²) in [6.07, 6.45) is 3.28. The molecule has 0 aliphatic heterocycles. The highest BCUT2D eigenvalue weighted by Gasteiger charge is 2.07. The number of carbonyl (C=O) groups excluding carboxylic acids is 1. The van der Waals surface area contributed by atoms with Gasteiger partial charge in [-0.05, 0) is 48.4 Å². The van der Waals surface area contributed by atoms with Crippen LogP contribution in [0.15, 0.2) is 84.9 Å². The second kappa shape index (κ2) is 9.97. The quantitative estimate of drug-likeness (QED) is 0.552. The van der Waals surface area contributed by atoms with Gasteiger partial charge in [0.15, 0.2) is 11.5 Å². The molecule has 0 radical (unpaired) electrons. The molecule has 1 N–H and O–H groups in total. The molecule has 0 fully saturated rings. The van der Waals surface area contributed by atoms with Crippen molar-refractivity contribution < 1.29 is 14.3 Å². The predicted molar refractivity (Wildman–Crippen MR) is 111 cm³/mol. The molecule has 142 valence electrons. The van der Waals surface area contributed by atoms with Crippen LogP contribution in [0.2, 0.25) is 0 Å². The molecule has 0 heterocycles. The molecule has 1 amide bonds. The van der Waals surface area contributed by atoms with E-state index in [1.807, 2.05) is 85.8 Å². The van der Waals surface area contributed by atoms with Crippen molar-refractivity contribution in [2.75, 3.05) is 6.61 Å². The average molecular weight is 373 g/mol. The number of ether oxygens (including phenoxy) is 2. The van der Waals surface area contributed by atoms with Crippen molar-refractivity contribution in [3.63, 3.8) is 0 Å². The van der Waals surface area contributed by atoms with Crippen molar-refractivity contribution in [2.24, 2.45) is 0 Å². The first kappa shape index (κ1) is 19.2. The van der Waals surface area contributed by atoms with Gasteiger partial charge >= 0.3 is 0 Å². The SMILES string of the molecule is CCOc1ccc(/C=C/C(=O)NCc2ccccc2)cc1Oc1ccccc1. The van der Waals surface area contributed by atoms with Gasteiger partial charge in [0, 0.05) is 12.6 Å². The number of para-hydroxylation sites is 1. The summed E-state index contributed by atoms with van der Waals surface area (Å²) in [5, 5.41) is 2.87. The van der Waals surface area contributed by atoms with E-state index < -0.39 is 0 Å². The third kappa shape index (κ3) is 5.74. The van der Waals surface area contributed by atoms with E-state index in [1.54, 1.807) is 6.08 Å². The minimum Gasteiger partial charge on any atom is -0.490 e. The van der Waals surface area contributed by atoms with Gasteiger partial charge in [-0.3, -0.25) is 4.79 Å². The Bertz CT molecular complexity index is 921. The van der Waals surface area contributed by atoms with Crippen LogP contribution in [-0.4, -0.2) is 12.5 Å². The highest BCUT2D eigenvalue weighted by Crippen LogP contribution is 2.33. The van der Waals surface area contributed by atoms with Gasteiger partial charge < -0.3 is 14.8 Å². The second-order valence-corrected chi connectivity index (χ2v) is 6.09. The zero-order valence-electron chi connectivity index (χ0n) is 15.8. The molecular formula is C24H23NO3. The topological polar surface area (TPSA) is 47.6 Å². The fraction of sp³-hybridized carbons (Fsp3) is 0.125. The first-order valence-electron chi connectivity index (χ1n) is 9.24. The standard InChI is InChI=1S/C24H23NO3/c1-2-27-22-15-13-19(17-23(22)28-21-11-7-4-8-12-21)14-16-24(26)25-18-20-9-5-3-6-10-20/h3-17H,2,18H2,1H3,(H,25,26)/b16-14+. The lowest BCUT2D eigenvalue weighted by Crippen LogP contribution is -2.20. The second-order valence-electron chi connectivity index (χ2n) is 6.09. The molecule has 4 heteroatoms. The smallest absolute Gasteiger partial charge is 0.244 e. The molecule has 0 saturated carbocycles. The minimum absolute atomic E-state index is 0.150. The van der Waals surface area contributed by atoms with E-state index in [4.69, 9.17) is 9.47 Å². The van der Waals surface area contributed by atoms with Gasteiger partial charge in [-0.2, -0.15) is 0 Å². The number of amides is 1.